The number of phenolic OH excluding ortho intramolecular Hbond substituents is 1. The van der Waals surface area contributed by atoms with Crippen LogP contribution in [0.1, 0.15) is 26.3 Å². The number of hydrogen-bond acceptors (Lipinski definition) is 4. The third-order valence-electron chi connectivity index (χ3n) is 2.24. The van der Waals surface area contributed by atoms with Gasteiger partial charge in [0.15, 0.2) is 0 Å². The van der Waals surface area contributed by atoms with Crippen LogP contribution in [0, 0.1) is 7.14 Å². The number of aromatic hydroxyl groups is 1. The highest BCUT2D eigenvalue weighted by Crippen LogP contribution is 2.27. The summed E-state index contributed by atoms with van der Waals surface area (Å²) in [5.41, 5.74) is 6.22. The molecule has 0 saturated carbocycles. The van der Waals surface area contributed by atoms with E-state index in [4.69, 9.17) is 10.5 Å². The van der Waals surface area contributed by atoms with Crippen molar-refractivity contribution >= 4 is 51.2 Å². The van der Waals surface area contributed by atoms with Crippen molar-refractivity contribution in [2.24, 2.45) is 5.73 Å². The monoisotopic (exact) mass is 489 g/mol. The van der Waals surface area contributed by atoms with Crippen LogP contribution in [0.4, 0.5) is 0 Å². The summed E-state index contributed by atoms with van der Waals surface area (Å²) in [5, 5.41) is 9.69. The third kappa shape index (κ3) is 5.42. The van der Waals surface area contributed by atoms with Gasteiger partial charge in [0, 0.05) is 0 Å². The van der Waals surface area contributed by atoms with Crippen molar-refractivity contribution < 1.29 is 14.6 Å². The van der Waals surface area contributed by atoms with E-state index in [0.29, 0.717) is 6.42 Å². The standard InChI is InChI=1S/C13H17I2NO3/c1-13(2,3)19-12(18)10(16)6-7-4-8(14)11(17)9(15)5-7/h4-5,10,17H,6,16H2,1-3H3/t10-/m0/s1. The minimum Gasteiger partial charge on any atom is -0.506 e. The van der Waals surface area contributed by atoms with E-state index in [-0.39, 0.29) is 5.75 Å². The molecule has 1 aromatic carbocycles. The van der Waals surface area contributed by atoms with Crippen LogP contribution in [0.3, 0.4) is 0 Å². The molecular formula is C13H17I2NO3. The van der Waals surface area contributed by atoms with Gasteiger partial charge >= 0.3 is 5.97 Å². The average molecular weight is 489 g/mol. The molecule has 1 aromatic rings. The molecule has 0 aliphatic rings. The molecule has 0 aromatic heterocycles. The van der Waals surface area contributed by atoms with Crippen molar-refractivity contribution in [2.75, 3.05) is 0 Å². The summed E-state index contributed by atoms with van der Waals surface area (Å²) in [6, 6.07) is 2.94. The molecule has 1 atom stereocenters. The highest BCUT2D eigenvalue weighted by molar-refractivity contribution is 14.1. The molecule has 0 heterocycles. The lowest BCUT2D eigenvalue weighted by Crippen LogP contribution is -2.38. The van der Waals surface area contributed by atoms with Crippen LogP contribution >= 0.6 is 45.2 Å². The number of nitrogens with two attached hydrogens (primary N) is 1. The minimum absolute atomic E-state index is 0.260. The van der Waals surface area contributed by atoms with Crippen molar-refractivity contribution in [1.82, 2.24) is 0 Å². The maximum absolute atomic E-state index is 11.8. The Labute approximate surface area is 140 Å². The highest BCUT2D eigenvalue weighted by atomic mass is 127. The Morgan fingerprint density at radius 3 is 2.26 bits per heavy atom. The number of rotatable bonds is 3. The molecular weight excluding hydrogens is 472 g/mol. The van der Waals surface area contributed by atoms with Crippen LogP contribution in [0.15, 0.2) is 12.1 Å². The van der Waals surface area contributed by atoms with E-state index < -0.39 is 17.6 Å². The summed E-state index contributed by atoms with van der Waals surface area (Å²) in [7, 11) is 0. The summed E-state index contributed by atoms with van der Waals surface area (Å²) in [5.74, 6) is -0.151. The van der Waals surface area contributed by atoms with Gasteiger partial charge < -0.3 is 15.6 Å². The van der Waals surface area contributed by atoms with Gasteiger partial charge in [0.25, 0.3) is 0 Å². The lowest BCUT2D eigenvalue weighted by molar-refractivity contribution is -0.156. The first-order valence-electron chi connectivity index (χ1n) is 5.75. The zero-order valence-corrected chi connectivity index (χ0v) is 15.4. The Hall–Kier alpha value is -0.0900. The molecule has 0 aliphatic heterocycles. The Morgan fingerprint density at radius 2 is 1.84 bits per heavy atom. The number of ether oxygens (including phenoxy) is 1. The van der Waals surface area contributed by atoms with E-state index in [0.717, 1.165) is 12.7 Å². The molecule has 0 amide bonds. The van der Waals surface area contributed by atoms with Crippen molar-refractivity contribution in [3.63, 3.8) is 0 Å². The van der Waals surface area contributed by atoms with E-state index in [2.05, 4.69) is 45.2 Å². The summed E-state index contributed by atoms with van der Waals surface area (Å²) < 4.78 is 6.73. The Balaban J connectivity index is 2.77. The molecule has 0 aliphatic carbocycles. The number of esters is 1. The molecule has 3 N–H and O–H groups in total. The average Bonchev–Trinajstić information content (AvgIpc) is 2.23. The van der Waals surface area contributed by atoms with Gasteiger partial charge in [0.2, 0.25) is 0 Å². The summed E-state index contributed by atoms with van der Waals surface area (Å²) in [6.07, 6.45) is 0.390. The largest absolute Gasteiger partial charge is 0.506 e. The number of halogens is 2. The first-order valence-corrected chi connectivity index (χ1v) is 7.91. The minimum atomic E-state index is -0.699. The van der Waals surface area contributed by atoms with Gasteiger partial charge in [0.1, 0.15) is 17.4 Å². The van der Waals surface area contributed by atoms with Crippen LogP contribution in [0.25, 0.3) is 0 Å². The predicted molar refractivity (Wildman–Crippen MR) is 91.1 cm³/mol. The van der Waals surface area contributed by atoms with Gasteiger partial charge in [-0.3, -0.25) is 4.79 Å². The normalized spacial score (nSPS) is 13.2. The maximum atomic E-state index is 11.8. The lowest BCUT2D eigenvalue weighted by atomic mass is 10.1. The molecule has 0 radical (unpaired) electrons. The SMILES string of the molecule is CC(C)(C)OC(=O)[C@@H](N)Cc1cc(I)c(O)c(I)c1. The first kappa shape index (κ1) is 17.0. The number of hydrogen-bond donors (Lipinski definition) is 2. The summed E-state index contributed by atoms with van der Waals surface area (Å²) >= 11 is 4.10. The number of benzene rings is 1. The number of carbonyl (C=O) groups is 1. The third-order valence-corrected chi connectivity index (χ3v) is 3.89. The Bertz CT molecular complexity index is 460. The van der Waals surface area contributed by atoms with Crippen LogP contribution in [0.2, 0.25) is 0 Å². The quantitative estimate of drug-likeness (QED) is 0.507. The van der Waals surface area contributed by atoms with Gasteiger partial charge in [-0.25, -0.2) is 0 Å². The van der Waals surface area contributed by atoms with Crippen LogP contribution in [0.5, 0.6) is 5.75 Å². The molecule has 0 unspecified atom stereocenters. The lowest BCUT2D eigenvalue weighted by Gasteiger charge is -2.22. The maximum Gasteiger partial charge on any atom is 0.323 e. The molecule has 0 bridgehead atoms. The van der Waals surface area contributed by atoms with E-state index in [9.17, 15) is 9.90 Å². The molecule has 6 heteroatoms. The Kier molecular flexibility index (Phi) is 5.87. The van der Waals surface area contributed by atoms with Gasteiger partial charge in [-0.1, -0.05) is 0 Å². The van der Waals surface area contributed by atoms with Crippen LogP contribution < -0.4 is 5.73 Å². The van der Waals surface area contributed by atoms with Gasteiger partial charge in [-0.05, 0) is 90.1 Å². The topological polar surface area (TPSA) is 72.5 Å². The second-order valence-corrected chi connectivity index (χ2v) is 7.58. The second-order valence-electron chi connectivity index (χ2n) is 5.25. The fourth-order valence-electron chi connectivity index (χ4n) is 1.45. The Morgan fingerprint density at radius 1 is 1.37 bits per heavy atom. The van der Waals surface area contributed by atoms with Crippen molar-refractivity contribution in [1.29, 1.82) is 0 Å². The molecule has 4 nitrogen and oxygen atoms in total. The van der Waals surface area contributed by atoms with E-state index in [1.54, 1.807) is 0 Å². The van der Waals surface area contributed by atoms with Gasteiger partial charge in [-0.15, -0.1) is 0 Å². The molecule has 19 heavy (non-hydrogen) atoms. The van der Waals surface area contributed by atoms with Crippen molar-refractivity contribution in [2.45, 2.75) is 38.8 Å². The van der Waals surface area contributed by atoms with Gasteiger partial charge in [-0.2, -0.15) is 0 Å². The molecule has 0 saturated heterocycles. The van der Waals surface area contributed by atoms with E-state index in [1.807, 2.05) is 32.9 Å². The van der Waals surface area contributed by atoms with Crippen LogP contribution in [-0.2, 0) is 16.0 Å². The fourth-order valence-corrected chi connectivity index (χ4v) is 3.35. The van der Waals surface area contributed by atoms with E-state index >= 15 is 0 Å². The van der Waals surface area contributed by atoms with Crippen molar-refractivity contribution in [3.8, 4) is 5.75 Å². The van der Waals surface area contributed by atoms with E-state index in [1.165, 1.54) is 0 Å². The predicted octanol–water partition coefficient (Wildman–Crippen LogP) is 2.81. The highest BCUT2D eigenvalue weighted by Gasteiger charge is 2.22. The smallest absolute Gasteiger partial charge is 0.323 e. The molecule has 1 rings (SSSR count). The summed E-state index contributed by atoms with van der Waals surface area (Å²) in [4.78, 5) is 11.8. The number of phenols is 1. The van der Waals surface area contributed by atoms with Gasteiger partial charge in [0.05, 0.1) is 7.14 Å². The molecule has 0 fully saturated rings. The number of carbonyl (C=O) groups excluding carboxylic acids is 1. The first-order chi connectivity index (χ1) is 8.60. The summed E-state index contributed by atoms with van der Waals surface area (Å²) in [6.45, 7) is 5.43. The van der Waals surface area contributed by atoms with Crippen LogP contribution in [-0.4, -0.2) is 22.7 Å². The zero-order valence-electron chi connectivity index (χ0n) is 11.0. The molecule has 106 valence electrons. The second kappa shape index (κ2) is 6.57. The fraction of sp³-hybridized carbons (Fsp3) is 0.462. The molecule has 0 spiro atoms. The van der Waals surface area contributed by atoms with Crippen molar-refractivity contribution in [3.05, 3.63) is 24.8 Å². The zero-order chi connectivity index (χ0) is 14.8.